The van der Waals surface area contributed by atoms with Crippen LogP contribution in [0.25, 0.3) is 0 Å². The summed E-state index contributed by atoms with van der Waals surface area (Å²) in [5.41, 5.74) is 3.72. The number of carbonyl (C=O) groups excluding carboxylic acids is 1. The number of nitrogens with zero attached hydrogens (tertiary/aromatic N) is 2. The van der Waals surface area contributed by atoms with Gasteiger partial charge in [-0.3, -0.25) is 9.78 Å². The lowest BCUT2D eigenvalue weighted by Crippen LogP contribution is -2.35. The van der Waals surface area contributed by atoms with Gasteiger partial charge in [-0.15, -0.1) is 0 Å². The van der Waals surface area contributed by atoms with Gasteiger partial charge < -0.3 is 10.2 Å². The van der Waals surface area contributed by atoms with Crippen molar-refractivity contribution in [1.29, 1.82) is 0 Å². The summed E-state index contributed by atoms with van der Waals surface area (Å²) in [4.78, 5) is 19.1. The molecule has 0 aliphatic carbocycles. The van der Waals surface area contributed by atoms with E-state index >= 15 is 0 Å². The van der Waals surface area contributed by atoms with Crippen LogP contribution >= 0.6 is 0 Å². The van der Waals surface area contributed by atoms with Crippen molar-refractivity contribution in [2.45, 2.75) is 33.1 Å². The SMILES string of the molecule is CC(C)CCNc1ccnc(C(=O)N2CCCc3ccccc32)c1. The van der Waals surface area contributed by atoms with Crippen LogP contribution in [0.1, 0.15) is 42.7 Å². The van der Waals surface area contributed by atoms with Crippen molar-refractivity contribution in [2.24, 2.45) is 5.92 Å². The summed E-state index contributed by atoms with van der Waals surface area (Å²) in [5.74, 6) is 0.639. The molecule has 0 spiro atoms. The van der Waals surface area contributed by atoms with Crippen LogP contribution in [0, 0.1) is 5.92 Å². The van der Waals surface area contributed by atoms with Crippen LogP contribution in [-0.2, 0) is 6.42 Å². The van der Waals surface area contributed by atoms with Crippen LogP contribution < -0.4 is 10.2 Å². The predicted molar refractivity (Wildman–Crippen MR) is 98.6 cm³/mol. The van der Waals surface area contributed by atoms with E-state index in [1.807, 2.05) is 35.2 Å². The number of rotatable bonds is 5. The van der Waals surface area contributed by atoms with Crippen molar-refractivity contribution in [2.75, 3.05) is 23.3 Å². The molecule has 0 bridgehead atoms. The van der Waals surface area contributed by atoms with Crippen LogP contribution in [-0.4, -0.2) is 24.0 Å². The zero-order valence-corrected chi connectivity index (χ0v) is 14.5. The van der Waals surface area contributed by atoms with Crippen molar-refractivity contribution in [3.8, 4) is 0 Å². The molecular weight excluding hydrogens is 298 g/mol. The summed E-state index contributed by atoms with van der Waals surface area (Å²) < 4.78 is 0. The van der Waals surface area contributed by atoms with Crippen LogP contribution in [0.3, 0.4) is 0 Å². The number of benzene rings is 1. The monoisotopic (exact) mass is 323 g/mol. The molecule has 1 aliphatic heterocycles. The van der Waals surface area contributed by atoms with E-state index < -0.39 is 0 Å². The van der Waals surface area contributed by atoms with Crippen molar-refractivity contribution in [3.63, 3.8) is 0 Å². The maximum Gasteiger partial charge on any atom is 0.276 e. The molecule has 0 fully saturated rings. The Bertz CT molecular complexity index is 712. The van der Waals surface area contributed by atoms with E-state index in [0.29, 0.717) is 11.6 Å². The van der Waals surface area contributed by atoms with Gasteiger partial charge in [0.2, 0.25) is 0 Å². The molecule has 1 aromatic heterocycles. The Kier molecular flexibility index (Phi) is 5.14. The Labute approximate surface area is 143 Å². The molecule has 1 N–H and O–H groups in total. The number of aromatic nitrogens is 1. The lowest BCUT2D eigenvalue weighted by molar-refractivity contribution is 0.0980. The van der Waals surface area contributed by atoms with E-state index in [9.17, 15) is 4.79 Å². The fourth-order valence-corrected chi connectivity index (χ4v) is 3.05. The first-order valence-electron chi connectivity index (χ1n) is 8.75. The number of para-hydroxylation sites is 1. The van der Waals surface area contributed by atoms with Gasteiger partial charge in [0, 0.05) is 30.7 Å². The Morgan fingerprint density at radius 3 is 2.96 bits per heavy atom. The normalized spacial score (nSPS) is 13.7. The van der Waals surface area contributed by atoms with Crippen molar-refractivity contribution in [1.82, 2.24) is 4.98 Å². The third kappa shape index (κ3) is 3.75. The maximum absolute atomic E-state index is 12.9. The highest BCUT2D eigenvalue weighted by atomic mass is 16.2. The average Bonchev–Trinajstić information content (AvgIpc) is 2.60. The van der Waals surface area contributed by atoms with E-state index in [0.717, 1.165) is 43.7 Å². The van der Waals surface area contributed by atoms with Crippen molar-refractivity contribution >= 4 is 17.3 Å². The van der Waals surface area contributed by atoms with E-state index in [-0.39, 0.29) is 5.91 Å². The molecule has 126 valence electrons. The second-order valence-corrected chi connectivity index (χ2v) is 6.73. The minimum atomic E-state index is -0.0188. The van der Waals surface area contributed by atoms with Gasteiger partial charge in [0.25, 0.3) is 5.91 Å². The highest BCUT2D eigenvalue weighted by molar-refractivity contribution is 6.05. The third-order valence-corrected chi connectivity index (χ3v) is 4.39. The molecule has 2 aromatic rings. The first kappa shape index (κ1) is 16.5. The van der Waals surface area contributed by atoms with Gasteiger partial charge in [0.1, 0.15) is 5.69 Å². The number of amides is 1. The molecule has 1 amide bonds. The second-order valence-electron chi connectivity index (χ2n) is 6.73. The summed E-state index contributed by atoms with van der Waals surface area (Å²) in [6.45, 7) is 6.07. The smallest absolute Gasteiger partial charge is 0.276 e. The van der Waals surface area contributed by atoms with Gasteiger partial charge in [-0.1, -0.05) is 32.0 Å². The van der Waals surface area contributed by atoms with E-state index in [1.165, 1.54) is 5.56 Å². The quantitative estimate of drug-likeness (QED) is 0.900. The minimum absolute atomic E-state index is 0.0188. The van der Waals surface area contributed by atoms with Gasteiger partial charge in [0.05, 0.1) is 0 Å². The number of hydrogen-bond donors (Lipinski definition) is 1. The lowest BCUT2D eigenvalue weighted by atomic mass is 10.0. The molecule has 0 radical (unpaired) electrons. The highest BCUT2D eigenvalue weighted by Crippen LogP contribution is 2.28. The van der Waals surface area contributed by atoms with Gasteiger partial charge >= 0.3 is 0 Å². The number of nitrogens with one attached hydrogen (secondary N) is 1. The van der Waals surface area contributed by atoms with Crippen LogP contribution in [0.5, 0.6) is 0 Å². The molecule has 0 saturated carbocycles. The number of fused-ring (bicyclic) bond motifs is 1. The minimum Gasteiger partial charge on any atom is -0.385 e. The van der Waals surface area contributed by atoms with Gasteiger partial charge in [-0.2, -0.15) is 0 Å². The molecule has 0 saturated heterocycles. The van der Waals surface area contributed by atoms with E-state index in [2.05, 4.69) is 30.2 Å². The topological polar surface area (TPSA) is 45.2 Å². The summed E-state index contributed by atoms with van der Waals surface area (Å²) in [6.07, 6.45) is 4.84. The number of anilines is 2. The third-order valence-electron chi connectivity index (χ3n) is 4.39. The average molecular weight is 323 g/mol. The zero-order chi connectivity index (χ0) is 16.9. The molecule has 2 heterocycles. The number of aryl methyl sites for hydroxylation is 1. The fraction of sp³-hybridized carbons (Fsp3) is 0.400. The first-order chi connectivity index (χ1) is 11.6. The number of hydrogen-bond acceptors (Lipinski definition) is 3. The molecule has 4 nitrogen and oxygen atoms in total. The first-order valence-corrected chi connectivity index (χ1v) is 8.75. The molecule has 0 atom stereocenters. The molecule has 0 unspecified atom stereocenters. The van der Waals surface area contributed by atoms with Crippen molar-refractivity contribution < 1.29 is 4.79 Å². The molecule has 4 heteroatoms. The van der Waals surface area contributed by atoms with Crippen LogP contribution in [0.2, 0.25) is 0 Å². The van der Waals surface area contributed by atoms with Crippen molar-refractivity contribution in [3.05, 3.63) is 53.9 Å². The Morgan fingerprint density at radius 1 is 1.29 bits per heavy atom. The molecule has 3 rings (SSSR count). The second kappa shape index (κ2) is 7.47. The summed E-state index contributed by atoms with van der Waals surface area (Å²) in [7, 11) is 0. The fourth-order valence-electron chi connectivity index (χ4n) is 3.05. The summed E-state index contributed by atoms with van der Waals surface area (Å²) in [6, 6.07) is 11.9. The predicted octanol–water partition coefficient (Wildman–Crippen LogP) is 4.13. The Morgan fingerprint density at radius 2 is 2.12 bits per heavy atom. The van der Waals surface area contributed by atoms with Gasteiger partial charge in [-0.25, -0.2) is 0 Å². The van der Waals surface area contributed by atoms with E-state index in [4.69, 9.17) is 0 Å². The largest absolute Gasteiger partial charge is 0.385 e. The highest BCUT2D eigenvalue weighted by Gasteiger charge is 2.24. The number of carbonyl (C=O) groups is 1. The van der Waals surface area contributed by atoms with Gasteiger partial charge in [0.15, 0.2) is 0 Å². The molecule has 1 aliphatic rings. The van der Waals surface area contributed by atoms with Crippen LogP contribution in [0.4, 0.5) is 11.4 Å². The van der Waals surface area contributed by atoms with Crippen LogP contribution in [0.15, 0.2) is 42.6 Å². The molecular formula is C20H25N3O. The van der Waals surface area contributed by atoms with E-state index in [1.54, 1.807) is 6.20 Å². The van der Waals surface area contributed by atoms with Gasteiger partial charge in [-0.05, 0) is 48.9 Å². The summed E-state index contributed by atoms with van der Waals surface area (Å²) >= 11 is 0. The Balaban J connectivity index is 1.76. The molecule has 1 aromatic carbocycles. The zero-order valence-electron chi connectivity index (χ0n) is 14.5. The maximum atomic E-state index is 12.9. The summed E-state index contributed by atoms with van der Waals surface area (Å²) in [5, 5.41) is 3.38. The lowest BCUT2D eigenvalue weighted by Gasteiger charge is -2.29. The Hall–Kier alpha value is -2.36. The molecule has 24 heavy (non-hydrogen) atoms. The number of pyridine rings is 1. The standard InChI is InChI=1S/C20H25N3O/c1-15(2)9-11-21-17-10-12-22-18(14-17)20(24)23-13-5-7-16-6-3-4-8-19(16)23/h3-4,6,8,10,12,14-15H,5,7,9,11,13H2,1-2H3,(H,21,22).